The fourth-order valence-corrected chi connectivity index (χ4v) is 4.25. The second kappa shape index (κ2) is 8.90. The molecule has 2 aliphatic rings. The van der Waals surface area contributed by atoms with Gasteiger partial charge < -0.3 is 20.1 Å². The number of carbonyl (C=O) groups excluding carboxylic acids is 1. The van der Waals surface area contributed by atoms with Crippen LogP contribution >= 0.6 is 0 Å². The van der Waals surface area contributed by atoms with Gasteiger partial charge >= 0.3 is 0 Å². The molecule has 1 amide bonds. The van der Waals surface area contributed by atoms with Crippen molar-refractivity contribution >= 4 is 15.9 Å². The van der Waals surface area contributed by atoms with Crippen molar-refractivity contribution in [2.45, 2.75) is 37.1 Å². The molecule has 8 nitrogen and oxygen atoms in total. The molecule has 1 aromatic rings. The molecule has 1 saturated heterocycles. The Balaban J connectivity index is 1.52. The van der Waals surface area contributed by atoms with Gasteiger partial charge in [0.15, 0.2) is 11.5 Å². The fraction of sp³-hybridized carbons (Fsp3) is 0.611. The Labute approximate surface area is 160 Å². The van der Waals surface area contributed by atoms with E-state index in [0.29, 0.717) is 30.6 Å². The molecule has 0 bridgehead atoms. The maximum atomic E-state index is 12.5. The van der Waals surface area contributed by atoms with Crippen molar-refractivity contribution in [2.24, 2.45) is 5.92 Å². The molecule has 9 heteroatoms. The van der Waals surface area contributed by atoms with Crippen LogP contribution in [0.1, 0.15) is 26.2 Å². The van der Waals surface area contributed by atoms with Crippen molar-refractivity contribution in [1.82, 2.24) is 15.4 Å². The Hall–Kier alpha value is -1.84. The largest absolute Gasteiger partial charge is 0.490 e. The molecule has 0 aromatic heterocycles. The summed E-state index contributed by atoms with van der Waals surface area (Å²) in [6.45, 7) is 4.92. The molecule has 0 aliphatic carbocycles. The van der Waals surface area contributed by atoms with Gasteiger partial charge in [0.05, 0.1) is 18.1 Å². The third kappa shape index (κ3) is 5.33. The summed E-state index contributed by atoms with van der Waals surface area (Å²) in [6, 6.07) is 4.67. The molecule has 0 spiro atoms. The zero-order chi connectivity index (χ0) is 19.3. The number of ether oxygens (including phenoxy) is 2. The third-order valence-corrected chi connectivity index (χ3v) is 6.26. The topological polar surface area (TPSA) is 106 Å². The van der Waals surface area contributed by atoms with Gasteiger partial charge in [-0.25, -0.2) is 13.1 Å². The van der Waals surface area contributed by atoms with E-state index in [4.69, 9.17) is 9.47 Å². The summed E-state index contributed by atoms with van der Waals surface area (Å²) in [5.74, 6) is 1.19. The maximum Gasteiger partial charge on any atom is 0.240 e. The van der Waals surface area contributed by atoms with Crippen molar-refractivity contribution in [3.63, 3.8) is 0 Å². The first kappa shape index (κ1) is 19.9. The number of rotatable bonds is 6. The number of carbonyl (C=O) groups is 1. The highest BCUT2D eigenvalue weighted by Gasteiger charge is 2.23. The van der Waals surface area contributed by atoms with E-state index in [1.54, 1.807) is 6.07 Å². The fourth-order valence-electron chi connectivity index (χ4n) is 3.20. The van der Waals surface area contributed by atoms with E-state index in [-0.39, 0.29) is 29.8 Å². The Bertz CT molecular complexity index is 768. The summed E-state index contributed by atoms with van der Waals surface area (Å²) in [6.07, 6.45) is 1.73. The summed E-state index contributed by atoms with van der Waals surface area (Å²) < 4.78 is 38.5. The van der Waals surface area contributed by atoms with E-state index < -0.39 is 10.0 Å². The van der Waals surface area contributed by atoms with Crippen LogP contribution in [-0.4, -0.2) is 53.2 Å². The van der Waals surface area contributed by atoms with E-state index in [1.165, 1.54) is 12.1 Å². The summed E-state index contributed by atoms with van der Waals surface area (Å²) in [5.41, 5.74) is 0. The molecule has 2 aliphatic heterocycles. The quantitative estimate of drug-likeness (QED) is 0.650. The maximum absolute atomic E-state index is 12.5. The standard InChI is InChI=1S/C18H27N3O5S/c1-13-12-19-7-5-15(13)21-18(22)6-8-20-27(23,24)14-3-4-16-17(11-14)26-10-2-9-25-16/h3-4,11,13,15,19-20H,2,5-10,12H2,1H3,(H,21,22). The molecule has 150 valence electrons. The van der Waals surface area contributed by atoms with Crippen LogP contribution in [0.4, 0.5) is 0 Å². The highest BCUT2D eigenvalue weighted by atomic mass is 32.2. The summed E-state index contributed by atoms with van der Waals surface area (Å²) in [4.78, 5) is 12.2. The van der Waals surface area contributed by atoms with Crippen molar-refractivity contribution in [3.05, 3.63) is 18.2 Å². The number of benzene rings is 1. The van der Waals surface area contributed by atoms with Gasteiger partial charge in [0, 0.05) is 31.5 Å². The van der Waals surface area contributed by atoms with Crippen molar-refractivity contribution in [1.29, 1.82) is 0 Å². The second-order valence-electron chi connectivity index (χ2n) is 6.95. The van der Waals surface area contributed by atoms with Gasteiger partial charge in [0.25, 0.3) is 0 Å². The Kier molecular flexibility index (Phi) is 6.56. The van der Waals surface area contributed by atoms with Crippen LogP contribution in [0.3, 0.4) is 0 Å². The molecule has 2 heterocycles. The number of sulfonamides is 1. The van der Waals surface area contributed by atoms with Crippen LogP contribution in [-0.2, 0) is 14.8 Å². The SMILES string of the molecule is CC1CNCCC1NC(=O)CCNS(=O)(=O)c1ccc2c(c1)OCCCO2. The molecule has 1 fully saturated rings. The lowest BCUT2D eigenvalue weighted by molar-refractivity contribution is -0.122. The van der Waals surface area contributed by atoms with E-state index >= 15 is 0 Å². The summed E-state index contributed by atoms with van der Waals surface area (Å²) in [5, 5.41) is 6.27. The van der Waals surface area contributed by atoms with E-state index in [2.05, 4.69) is 22.3 Å². The van der Waals surface area contributed by atoms with Crippen LogP contribution in [0.25, 0.3) is 0 Å². The number of hydrogen-bond acceptors (Lipinski definition) is 6. The molecule has 2 atom stereocenters. The molecular weight excluding hydrogens is 370 g/mol. The molecule has 27 heavy (non-hydrogen) atoms. The van der Waals surface area contributed by atoms with Crippen molar-refractivity contribution < 1.29 is 22.7 Å². The number of piperidine rings is 1. The summed E-state index contributed by atoms with van der Waals surface area (Å²) in [7, 11) is -3.72. The van der Waals surface area contributed by atoms with Gasteiger partial charge in [0.2, 0.25) is 15.9 Å². The molecule has 0 saturated carbocycles. The van der Waals surface area contributed by atoms with Gasteiger partial charge in [-0.3, -0.25) is 4.79 Å². The van der Waals surface area contributed by atoms with E-state index in [0.717, 1.165) is 25.9 Å². The lowest BCUT2D eigenvalue weighted by atomic mass is 9.95. The zero-order valence-electron chi connectivity index (χ0n) is 15.5. The van der Waals surface area contributed by atoms with Crippen LogP contribution in [0, 0.1) is 5.92 Å². The van der Waals surface area contributed by atoms with Gasteiger partial charge in [-0.05, 0) is 37.6 Å². The minimum atomic E-state index is -3.72. The zero-order valence-corrected chi connectivity index (χ0v) is 16.3. The number of amides is 1. The van der Waals surface area contributed by atoms with Crippen LogP contribution in [0.15, 0.2) is 23.1 Å². The molecule has 0 radical (unpaired) electrons. The predicted molar refractivity (Wildman–Crippen MR) is 100 cm³/mol. The van der Waals surface area contributed by atoms with Gasteiger partial charge in [-0.15, -0.1) is 0 Å². The van der Waals surface area contributed by atoms with Crippen molar-refractivity contribution in [3.8, 4) is 11.5 Å². The van der Waals surface area contributed by atoms with Gasteiger partial charge in [-0.2, -0.15) is 0 Å². The Morgan fingerprint density at radius 1 is 1.26 bits per heavy atom. The summed E-state index contributed by atoms with van der Waals surface area (Å²) >= 11 is 0. The molecule has 2 unspecified atom stereocenters. The Morgan fingerprint density at radius 2 is 2.04 bits per heavy atom. The number of nitrogens with one attached hydrogen (secondary N) is 3. The average Bonchev–Trinajstić information content (AvgIpc) is 2.88. The van der Waals surface area contributed by atoms with Gasteiger partial charge in [-0.1, -0.05) is 6.92 Å². The highest BCUT2D eigenvalue weighted by molar-refractivity contribution is 7.89. The smallest absolute Gasteiger partial charge is 0.240 e. The number of fused-ring (bicyclic) bond motifs is 1. The average molecular weight is 397 g/mol. The predicted octanol–water partition coefficient (Wildman–Crippen LogP) is 0.631. The Morgan fingerprint density at radius 3 is 2.81 bits per heavy atom. The minimum absolute atomic E-state index is 0.0436. The van der Waals surface area contributed by atoms with Crippen molar-refractivity contribution in [2.75, 3.05) is 32.8 Å². The first-order chi connectivity index (χ1) is 13.0. The minimum Gasteiger partial charge on any atom is -0.490 e. The first-order valence-electron chi connectivity index (χ1n) is 9.35. The molecule has 1 aromatic carbocycles. The van der Waals surface area contributed by atoms with Crippen LogP contribution in [0.5, 0.6) is 11.5 Å². The van der Waals surface area contributed by atoms with Crippen LogP contribution in [0.2, 0.25) is 0 Å². The highest BCUT2D eigenvalue weighted by Crippen LogP contribution is 2.31. The second-order valence-corrected chi connectivity index (χ2v) is 8.72. The lowest BCUT2D eigenvalue weighted by Crippen LogP contribution is -2.48. The monoisotopic (exact) mass is 397 g/mol. The molecular formula is C18H27N3O5S. The first-order valence-corrected chi connectivity index (χ1v) is 10.8. The molecule has 3 N–H and O–H groups in total. The van der Waals surface area contributed by atoms with Crippen LogP contribution < -0.4 is 24.8 Å². The number of hydrogen-bond donors (Lipinski definition) is 3. The van der Waals surface area contributed by atoms with Gasteiger partial charge in [0.1, 0.15) is 0 Å². The lowest BCUT2D eigenvalue weighted by Gasteiger charge is -2.30. The normalized spacial score (nSPS) is 22.7. The third-order valence-electron chi connectivity index (χ3n) is 4.81. The van der Waals surface area contributed by atoms with E-state index in [9.17, 15) is 13.2 Å². The van der Waals surface area contributed by atoms with E-state index in [1.807, 2.05) is 0 Å². The molecule has 3 rings (SSSR count).